The van der Waals surface area contributed by atoms with Crippen LogP contribution in [0.1, 0.15) is 22.7 Å². The minimum Gasteiger partial charge on any atom is -0.465 e. The van der Waals surface area contributed by atoms with Gasteiger partial charge in [-0.05, 0) is 18.6 Å². The van der Waals surface area contributed by atoms with Gasteiger partial charge in [-0.15, -0.1) is 0 Å². The van der Waals surface area contributed by atoms with Gasteiger partial charge in [-0.2, -0.15) is 13.2 Å². The number of nitrogens with zero attached hydrogens (tertiary/aromatic N) is 2. The molecule has 0 aliphatic carbocycles. The Morgan fingerprint density at radius 3 is 2.83 bits per heavy atom. The Balaban J connectivity index is 1.70. The Bertz CT molecular complexity index is 899. The molecule has 1 aliphatic heterocycles. The number of amides is 2. The summed E-state index contributed by atoms with van der Waals surface area (Å²) in [6.07, 6.45) is -4.11. The monoisotopic (exact) mass is 413 g/mol. The molecule has 1 aromatic carbocycles. The highest BCUT2D eigenvalue weighted by molar-refractivity contribution is 5.90. The summed E-state index contributed by atoms with van der Waals surface area (Å²) in [4.78, 5) is 28.7. The number of nitrogens with one attached hydrogen (secondary N) is 1. The van der Waals surface area contributed by atoms with Crippen molar-refractivity contribution in [1.82, 2.24) is 15.2 Å². The van der Waals surface area contributed by atoms with E-state index in [-0.39, 0.29) is 30.4 Å². The molecule has 8 nitrogen and oxygen atoms in total. The standard InChI is InChI=1S/C18H18F3N3O5/c1-28-9-13-6-12(8-24(13)17(26)27)23-15(25)16-22-7-14(29-16)10-3-2-4-11(5-10)18(19,20)21/h2-5,7,12-13H,6,8-9H2,1H3,(H,23,25)(H,26,27)/t12-,13+/m1/s1. The van der Waals surface area contributed by atoms with Crippen LogP contribution in [0, 0.1) is 0 Å². The number of carboxylic acid groups (broad SMARTS) is 1. The Hall–Kier alpha value is -3.08. The van der Waals surface area contributed by atoms with E-state index >= 15 is 0 Å². The molecule has 11 heteroatoms. The van der Waals surface area contributed by atoms with Crippen molar-refractivity contribution in [2.24, 2.45) is 0 Å². The third kappa shape index (κ3) is 4.67. The Morgan fingerprint density at radius 2 is 2.17 bits per heavy atom. The van der Waals surface area contributed by atoms with E-state index < -0.39 is 35.8 Å². The topological polar surface area (TPSA) is 105 Å². The molecule has 0 radical (unpaired) electrons. The van der Waals surface area contributed by atoms with Crippen LogP contribution in [-0.2, 0) is 10.9 Å². The van der Waals surface area contributed by atoms with Gasteiger partial charge in [-0.25, -0.2) is 9.78 Å². The molecule has 2 atom stereocenters. The van der Waals surface area contributed by atoms with Gasteiger partial charge in [-0.1, -0.05) is 12.1 Å². The van der Waals surface area contributed by atoms with Crippen LogP contribution >= 0.6 is 0 Å². The normalized spacial score (nSPS) is 19.4. The largest absolute Gasteiger partial charge is 0.465 e. The molecule has 0 saturated carbocycles. The van der Waals surface area contributed by atoms with Crippen LogP contribution in [0.15, 0.2) is 34.9 Å². The first kappa shape index (κ1) is 20.6. The quantitative estimate of drug-likeness (QED) is 0.781. The first-order chi connectivity index (χ1) is 13.7. The molecule has 156 valence electrons. The van der Waals surface area contributed by atoms with Crippen molar-refractivity contribution in [3.8, 4) is 11.3 Å². The number of likely N-dealkylation sites (tertiary alicyclic amines) is 1. The lowest BCUT2D eigenvalue weighted by atomic mass is 10.1. The van der Waals surface area contributed by atoms with Crippen LogP contribution in [0.2, 0.25) is 0 Å². The molecule has 2 N–H and O–H groups in total. The van der Waals surface area contributed by atoms with Gasteiger partial charge in [-0.3, -0.25) is 4.79 Å². The molecular weight excluding hydrogens is 395 g/mol. The Morgan fingerprint density at radius 1 is 1.41 bits per heavy atom. The van der Waals surface area contributed by atoms with Gasteiger partial charge < -0.3 is 24.5 Å². The molecule has 3 rings (SSSR count). The molecule has 0 unspecified atom stereocenters. The number of rotatable bonds is 5. The first-order valence-electron chi connectivity index (χ1n) is 8.62. The summed E-state index contributed by atoms with van der Waals surface area (Å²) in [7, 11) is 1.45. The van der Waals surface area contributed by atoms with Crippen molar-refractivity contribution in [3.63, 3.8) is 0 Å². The van der Waals surface area contributed by atoms with Crippen LogP contribution in [0.25, 0.3) is 11.3 Å². The number of halogens is 3. The number of methoxy groups -OCH3 is 1. The van der Waals surface area contributed by atoms with Crippen LogP contribution in [-0.4, -0.2) is 59.3 Å². The average molecular weight is 413 g/mol. The van der Waals surface area contributed by atoms with E-state index in [0.29, 0.717) is 6.42 Å². The van der Waals surface area contributed by atoms with Crippen molar-refractivity contribution < 1.29 is 37.0 Å². The zero-order chi connectivity index (χ0) is 21.2. The Kier molecular flexibility index (Phi) is 5.78. The van der Waals surface area contributed by atoms with Crippen molar-refractivity contribution in [1.29, 1.82) is 0 Å². The minimum atomic E-state index is -4.51. The second-order valence-electron chi connectivity index (χ2n) is 6.56. The van der Waals surface area contributed by atoms with Crippen molar-refractivity contribution in [2.75, 3.05) is 20.3 Å². The predicted molar refractivity (Wildman–Crippen MR) is 93.2 cm³/mol. The van der Waals surface area contributed by atoms with E-state index in [1.807, 2.05) is 0 Å². The number of alkyl halides is 3. The maximum absolute atomic E-state index is 12.9. The third-order valence-electron chi connectivity index (χ3n) is 4.53. The third-order valence-corrected chi connectivity index (χ3v) is 4.53. The molecule has 2 amide bonds. The van der Waals surface area contributed by atoms with Crippen LogP contribution in [0.3, 0.4) is 0 Å². The smallest absolute Gasteiger partial charge is 0.416 e. The zero-order valence-corrected chi connectivity index (χ0v) is 15.3. The van der Waals surface area contributed by atoms with Crippen LogP contribution in [0.5, 0.6) is 0 Å². The number of ether oxygens (including phenoxy) is 1. The summed E-state index contributed by atoms with van der Waals surface area (Å²) in [5.74, 6) is -0.997. The summed E-state index contributed by atoms with van der Waals surface area (Å²) in [5.41, 5.74) is -0.717. The summed E-state index contributed by atoms with van der Waals surface area (Å²) in [5, 5.41) is 11.9. The highest BCUT2D eigenvalue weighted by Crippen LogP contribution is 2.32. The van der Waals surface area contributed by atoms with Gasteiger partial charge in [0.15, 0.2) is 5.76 Å². The second-order valence-corrected chi connectivity index (χ2v) is 6.56. The molecule has 1 saturated heterocycles. The number of hydrogen-bond donors (Lipinski definition) is 2. The first-order valence-corrected chi connectivity index (χ1v) is 8.62. The SMILES string of the molecule is COC[C@@H]1C[C@@H](NC(=O)c2ncc(-c3cccc(C(F)(F)F)c3)o2)CN1C(=O)O. The maximum atomic E-state index is 12.9. The van der Waals surface area contributed by atoms with E-state index in [0.717, 1.165) is 18.3 Å². The van der Waals surface area contributed by atoms with Crippen molar-refractivity contribution in [2.45, 2.75) is 24.7 Å². The van der Waals surface area contributed by atoms with E-state index in [9.17, 15) is 27.9 Å². The highest BCUT2D eigenvalue weighted by atomic mass is 19.4. The highest BCUT2D eigenvalue weighted by Gasteiger charge is 2.36. The maximum Gasteiger partial charge on any atom is 0.416 e. The lowest BCUT2D eigenvalue weighted by Crippen LogP contribution is -2.39. The molecule has 1 aromatic heterocycles. The number of benzene rings is 1. The molecule has 0 spiro atoms. The van der Waals surface area contributed by atoms with Gasteiger partial charge in [0.05, 0.1) is 24.4 Å². The molecule has 29 heavy (non-hydrogen) atoms. The fourth-order valence-corrected chi connectivity index (χ4v) is 3.21. The molecule has 2 aromatic rings. The second kappa shape index (κ2) is 8.11. The predicted octanol–water partition coefficient (Wildman–Crippen LogP) is 2.86. The Labute approximate surface area is 163 Å². The molecule has 1 fully saturated rings. The molecule has 2 heterocycles. The molecule has 1 aliphatic rings. The number of oxazole rings is 1. The fraction of sp³-hybridized carbons (Fsp3) is 0.389. The van der Waals surface area contributed by atoms with Gasteiger partial charge >= 0.3 is 18.2 Å². The van der Waals surface area contributed by atoms with Gasteiger partial charge in [0.25, 0.3) is 5.89 Å². The zero-order valence-electron chi connectivity index (χ0n) is 15.3. The lowest BCUT2D eigenvalue weighted by Gasteiger charge is -2.19. The summed E-state index contributed by atoms with van der Waals surface area (Å²) in [6, 6.07) is 3.61. The van der Waals surface area contributed by atoms with E-state index in [1.165, 1.54) is 24.1 Å². The van der Waals surface area contributed by atoms with Crippen molar-refractivity contribution in [3.05, 3.63) is 41.9 Å². The van der Waals surface area contributed by atoms with Crippen molar-refractivity contribution >= 4 is 12.0 Å². The number of carbonyl (C=O) groups is 2. The minimum absolute atomic E-state index is 0.0112. The van der Waals surface area contributed by atoms with E-state index in [1.54, 1.807) is 0 Å². The van der Waals surface area contributed by atoms with Crippen LogP contribution in [0.4, 0.5) is 18.0 Å². The van der Waals surface area contributed by atoms with Gasteiger partial charge in [0.2, 0.25) is 0 Å². The summed E-state index contributed by atoms with van der Waals surface area (Å²) < 4.78 is 48.9. The average Bonchev–Trinajstić information content (AvgIpc) is 3.29. The number of hydrogen-bond acceptors (Lipinski definition) is 5. The number of aromatic nitrogens is 1. The molecule has 0 bridgehead atoms. The van der Waals surface area contributed by atoms with Gasteiger partial charge in [0.1, 0.15) is 0 Å². The van der Waals surface area contributed by atoms with E-state index in [4.69, 9.17) is 9.15 Å². The summed E-state index contributed by atoms with van der Waals surface area (Å²) >= 11 is 0. The van der Waals surface area contributed by atoms with Crippen LogP contribution < -0.4 is 5.32 Å². The van der Waals surface area contributed by atoms with E-state index in [2.05, 4.69) is 10.3 Å². The molecular formula is C18H18F3N3O5. The number of carbonyl (C=O) groups excluding carboxylic acids is 1. The lowest BCUT2D eigenvalue weighted by molar-refractivity contribution is -0.137. The van der Waals surface area contributed by atoms with Gasteiger partial charge in [0, 0.05) is 25.3 Å². The summed E-state index contributed by atoms with van der Waals surface area (Å²) in [6.45, 7) is 0.271. The fourth-order valence-electron chi connectivity index (χ4n) is 3.21.